The van der Waals surface area contributed by atoms with Crippen molar-refractivity contribution in [1.82, 2.24) is 5.32 Å². The van der Waals surface area contributed by atoms with E-state index in [-0.39, 0.29) is 33.6 Å². The maximum atomic E-state index is 15.8. The molecule has 2 aliphatic heterocycles. The lowest BCUT2D eigenvalue weighted by Gasteiger charge is -2.38. The zero-order valence-electron chi connectivity index (χ0n) is 22.5. The SMILES string of the molecule is CC1CCC(CC(=O)[C@@H]2N[C@@H](CC(C)(C)C)[C@@]3(C(=O)Nc4cc(F)ccc43)[C@H]2c2cccc(Cl)c2F)CC1. The van der Waals surface area contributed by atoms with Crippen LogP contribution in [0.3, 0.4) is 0 Å². The van der Waals surface area contributed by atoms with Crippen molar-refractivity contribution in [1.29, 1.82) is 0 Å². The number of benzene rings is 2. The van der Waals surface area contributed by atoms with E-state index < -0.39 is 35.1 Å². The molecule has 2 aromatic rings. The quantitative estimate of drug-likeness (QED) is 0.421. The largest absolute Gasteiger partial charge is 0.325 e. The Kier molecular flexibility index (Phi) is 7.19. The second-order valence-corrected chi connectivity index (χ2v) is 13.3. The number of rotatable bonds is 5. The summed E-state index contributed by atoms with van der Waals surface area (Å²) in [6, 6.07) is 7.76. The number of anilines is 1. The highest BCUT2D eigenvalue weighted by Gasteiger charge is 2.66. The molecule has 2 fully saturated rings. The van der Waals surface area contributed by atoms with Crippen molar-refractivity contribution in [3.8, 4) is 0 Å². The fraction of sp³-hybridized carbons (Fsp3) is 0.548. The number of ketones is 1. The average molecular weight is 543 g/mol. The molecule has 5 rings (SSSR count). The van der Waals surface area contributed by atoms with E-state index in [2.05, 4.69) is 38.3 Å². The van der Waals surface area contributed by atoms with Gasteiger partial charge in [-0.15, -0.1) is 0 Å². The molecule has 0 radical (unpaired) electrons. The first-order valence-electron chi connectivity index (χ1n) is 13.8. The third kappa shape index (κ3) is 4.68. The number of carbonyl (C=O) groups is 2. The van der Waals surface area contributed by atoms with Gasteiger partial charge < -0.3 is 10.6 Å². The van der Waals surface area contributed by atoms with Crippen molar-refractivity contribution in [3.63, 3.8) is 0 Å². The summed E-state index contributed by atoms with van der Waals surface area (Å²) in [6.45, 7) is 8.48. The third-order valence-electron chi connectivity index (χ3n) is 8.91. The first-order valence-corrected chi connectivity index (χ1v) is 14.1. The normalized spacial score (nSPS) is 30.9. The molecule has 0 bridgehead atoms. The molecule has 7 heteroatoms. The molecule has 1 saturated heterocycles. The summed E-state index contributed by atoms with van der Waals surface area (Å²) in [7, 11) is 0. The molecule has 4 atom stereocenters. The molecule has 2 aromatic carbocycles. The molecule has 1 aliphatic carbocycles. The Labute approximate surface area is 228 Å². The van der Waals surface area contributed by atoms with Gasteiger partial charge in [0.2, 0.25) is 5.91 Å². The molecule has 3 aliphatic rings. The minimum absolute atomic E-state index is 0.00641. The third-order valence-corrected chi connectivity index (χ3v) is 9.20. The van der Waals surface area contributed by atoms with Crippen LogP contribution in [0.25, 0.3) is 0 Å². The van der Waals surface area contributed by atoms with Gasteiger partial charge in [0.05, 0.1) is 11.1 Å². The van der Waals surface area contributed by atoms with Gasteiger partial charge in [0, 0.05) is 24.1 Å². The summed E-state index contributed by atoms with van der Waals surface area (Å²) in [4.78, 5) is 28.2. The number of hydrogen-bond acceptors (Lipinski definition) is 3. The van der Waals surface area contributed by atoms with Crippen LogP contribution in [0, 0.1) is 28.9 Å². The van der Waals surface area contributed by atoms with Crippen molar-refractivity contribution in [2.24, 2.45) is 17.3 Å². The van der Waals surface area contributed by atoms with Crippen LogP contribution >= 0.6 is 11.6 Å². The van der Waals surface area contributed by atoms with E-state index >= 15 is 4.39 Å². The number of amides is 1. The second kappa shape index (κ2) is 10.0. The van der Waals surface area contributed by atoms with Crippen molar-refractivity contribution in [2.75, 3.05) is 5.32 Å². The maximum Gasteiger partial charge on any atom is 0.237 e. The van der Waals surface area contributed by atoms with E-state index in [0.717, 1.165) is 25.7 Å². The maximum absolute atomic E-state index is 15.8. The molecule has 1 amide bonds. The summed E-state index contributed by atoms with van der Waals surface area (Å²) in [5.74, 6) is -1.33. The lowest BCUT2D eigenvalue weighted by molar-refractivity contribution is -0.123. The van der Waals surface area contributed by atoms with Crippen molar-refractivity contribution < 1.29 is 18.4 Å². The van der Waals surface area contributed by atoms with Gasteiger partial charge >= 0.3 is 0 Å². The Balaban J connectivity index is 1.67. The van der Waals surface area contributed by atoms with Crippen LogP contribution in [0.4, 0.5) is 14.5 Å². The van der Waals surface area contributed by atoms with Crippen molar-refractivity contribution in [3.05, 3.63) is 64.2 Å². The molecular weight excluding hydrogens is 506 g/mol. The fourth-order valence-corrected chi connectivity index (χ4v) is 7.33. The predicted octanol–water partition coefficient (Wildman–Crippen LogP) is 7.15. The van der Waals surface area contributed by atoms with Gasteiger partial charge in [-0.2, -0.15) is 0 Å². The van der Waals surface area contributed by atoms with Crippen LogP contribution in [-0.4, -0.2) is 23.8 Å². The van der Waals surface area contributed by atoms with Crippen LogP contribution in [0.15, 0.2) is 36.4 Å². The van der Waals surface area contributed by atoms with Gasteiger partial charge in [0.25, 0.3) is 0 Å². The molecule has 2 N–H and O–H groups in total. The fourth-order valence-electron chi connectivity index (χ4n) is 7.15. The number of Topliss-reactive ketones (excluding diaryl/α,β-unsaturated/α-hetero) is 1. The van der Waals surface area contributed by atoms with Crippen LogP contribution in [0.5, 0.6) is 0 Å². The second-order valence-electron chi connectivity index (χ2n) is 12.9. The van der Waals surface area contributed by atoms with E-state index in [9.17, 15) is 14.0 Å². The number of hydrogen-bond donors (Lipinski definition) is 2. The Morgan fingerprint density at radius 3 is 2.50 bits per heavy atom. The number of nitrogens with one attached hydrogen (secondary N) is 2. The van der Waals surface area contributed by atoms with Gasteiger partial charge in [0.1, 0.15) is 17.0 Å². The van der Waals surface area contributed by atoms with Crippen LogP contribution in [-0.2, 0) is 15.0 Å². The molecule has 0 unspecified atom stereocenters. The van der Waals surface area contributed by atoms with Gasteiger partial charge in [-0.1, -0.05) is 70.3 Å². The van der Waals surface area contributed by atoms with Crippen molar-refractivity contribution >= 4 is 29.0 Å². The van der Waals surface area contributed by atoms with E-state index in [1.807, 2.05) is 0 Å². The average Bonchev–Trinajstić information content (AvgIpc) is 3.31. The summed E-state index contributed by atoms with van der Waals surface area (Å²) in [6.07, 6.45) is 5.13. The van der Waals surface area contributed by atoms with Crippen LogP contribution in [0.2, 0.25) is 5.02 Å². The molecule has 38 heavy (non-hydrogen) atoms. The van der Waals surface area contributed by atoms with Crippen LogP contribution in [0.1, 0.15) is 83.3 Å². The first kappa shape index (κ1) is 27.3. The van der Waals surface area contributed by atoms with E-state index in [0.29, 0.717) is 30.0 Å². The number of carbonyl (C=O) groups excluding carboxylic acids is 2. The highest BCUT2D eigenvalue weighted by molar-refractivity contribution is 6.30. The predicted molar refractivity (Wildman–Crippen MR) is 146 cm³/mol. The smallest absolute Gasteiger partial charge is 0.237 e. The van der Waals surface area contributed by atoms with Gasteiger partial charge in [-0.05, 0) is 65.8 Å². The lowest BCUT2D eigenvalue weighted by Crippen LogP contribution is -2.49. The number of fused-ring (bicyclic) bond motifs is 2. The van der Waals surface area contributed by atoms with Gasteiger partial charge in [0.15, 0.2) is 5.78 Å². The molecule has 4 nitrogen and oxygen atoms in total. The Bertz CT molecular complexity index is 1250. The molecule has 1 saturated carbocycles. The van der Waals surface area contributed by atoms with Crippen molar-refractivity contribution in [2.45, 2.75) is 89.6 Å². The van der Waals surface area contributed by atoms with E-state index in [1.54, 1.807) is 18.2 Å². The molecule has 2 heterocycles. The first-order chi connectivity index (χ1) is 17.9. The summed E-state index contributed by atoms with van der Waals surface area (Å²) in [5.41, 5.74) is -0.301. The Morgan fingerprint density at radius 1 is 1.11 bits per heavy atom. The standard InChI is InChI=1S/C31H37ClF2N2O2/c1-17-8-10-18(11-9-17)14-24(37)28-26(20-6-5-7-22(32)27(20)34)31(25(36-28)16-30(2,3)4)21-13-12-19(33)15-23(21)35-29(31)38/h5-7,12-13,15,17-18,25-26,28,36H,8-11,14,16H2,1-4H3,(H,35,38)/t17?,18?,25-,26-,28-,31+/m0/s1. The Morgan fingerprint density at radius 2 is 1.82 bits per heavy atom. The molecule has 0 aromatic heterocycles. The minimum atomic E-state index is -1.30. The summed E-state index contributed by atoms with van der Waals surface area (Å²) in [5, 5.41) is 6.37. The molecule has 1 spiro atoms. The zero-order valence-corrected chi connectivity index (χ0v) is 23.3. The van der Waals surface area contributed by atoms with Gasteiger partial charge in [-0.3, -0.25) is 9.59 Å². The minimum Gasteiger partial charge on any atom is -0.325 e. The summed E-state index contributed by atoms with van der Waals surface area (Å²) >= 11 is 6.25. The number of halogens is 3. The monoisotopic (exact) mass is 542 g/mol. The van der Waals surface area contributed by atoms with Gasteiger partial charge in [-0.25, -0.2) is 8.78 Å². The van der Waals surface area contributed by atoms with Crippen LogP contribution < -0.4 is 10.6 Å². The molecular formula is C31H37ClF2N2O2. The zero-order chi connectivity index (χ0) is 27.4. The highest BCUT2D eigenvalue weighted by atomic mass is 35.5. The highest BCUT2D eigenvalue weighted by Crippen LogP contribution is 2.57. The lowest BCUT2D eigenvalue weighted by atomic mass is 9.62. The topological polar surface area (TPSA) is 58.2 Å². The van der Waals surface area contributed by atoms with E-state index in [4.69, 9.17) is 11.6 Å². The Hall–Kier alpha value is -2.31. The van der Waals surface area contributed by atoms with E-state index in [1.165, 1.54) is 18.2 Å². The molecule has 204 valence electrons. The summed E-state index contributed by atoms with van der Waals surface area (Å²) < 4.78 is 30.1.